The van der Waals surface area contributed by atoms with Crippen LogP contribution in [0, 0.1) is 5.92 Å². The third-order valence-corrected chi connectivity index (χ3v) is 2.97. The van der Waals surface area contributed by atoms with Gasteiger partial charge < -0.3 is 10.9 Å². The predicted octanol–water partition coefficient (Wildman–Crippen LogP) is 1.32. The second kappa shape index (κ2) is 5.55. The van der Waals surface area contributed by atoms with Crippen molar-refractivity contribution < 1.29 is 5.21 Å². The van der Waals surface area contributed by atoms with Crippen molar-refractivity contribution in [2.75, 3.05) is 5.75 Å². The maximum absolute atomic E-state index is 8.58. The molecule has 0 fully saturated rings. The SMILES string of the molecule is CC(C)CSc1nccnc1C(N)=NO. The van der Waals surface area contributed by atoms with Gasteiger partial charge in [0.2, 0.25) is 0 Å². The van der Waals surface area contributed by atoms with Crippen molar-refractivity contribution in [3.05, 3.63) is 18.1 Å². The van der Waals surface area contributed by atoms with Crippen LogP contribution in [0.2, 0.25) is 0 Å². The lowest BCUT2D eigenvalue weighted by atomic mass is 10.3. The molecule has 0 saturated heterocycles. The number of aromatic nitrogens is 2. The molecule has 82 valence electrons. The molecular formula is C9H14N4OS. The van der Waals surface area contributed by atoms with Gasteiger partial charge in [0.25, 0.3) is 0 Å². The predicted molar refractivity (Wildman–Crippen MR) is 60.1 cm³/mol. The molecule has 0 aliphatic carbocycles. The average Bonchev–Trinajstić information content (AvgIpc) is 2.25. The lowest BCUT2D eigenvalue weighted by molar-refractivity contribution is 0.318. The standard InChI is InChI=1S/C9H14N4OS/c1-6(2)5-15-9-7(8(10)13-14)11-3-4-12-9/h3-4,6,14H,5H2,1-2H3,(H2,10,13). The quantitative estimate of drug-likeness (QED) is 0.266. The number of hydrogen-bond acceptors (Lipinski definition) is 5. The first-order valence-corrected chi connectivity index (χ1v) is 5.55. The highest BCUT2D eigenvalue weighted by molar-refractivity contribution is 7.99. The summed E-state index contributed by atoms with van der Waals surface area (Å²) in [5.74, 6) is 1.47. The monoisotopic (exact) mass is 226 g/mol. The molecule has 5 nitrogen and oxygen atoms in total. The van der Waals surface area contributed by atoms with Gasteiger partial charge in [0, 0.05) is 18.1 Å². The Morgan fingerprint density at radius 2 is 2.20 bits per heavy atom. The minimum atomic E-state index is -0.00523. The maximum Gasteiger partial charge on any atom is 0.191 e. The molecule has 0 amide bonds. The molecule has 0 atom stereocenters. The van der Waals surface area contributed by atoms with Crippen LogP contribution in [-0.4, -0.2) is 26.8 Å². The zero-order valence-corrected chi connectivity index (χ0v) is 9.53. The van der Waals surface area contributed by atoms with Crippen LogP contribution < -0.4 is 5.73 Å². The van der Waals surface area contributed by atoms with E-state index < -0.39 is 0 Å². The first-order valence-electron chi connectivity index (χ1n) is 4.56. The number of rotatable bonds is 4. The highest BCUT2D eigenvalue weighted by Gasteiger charge is 2.10. The molecule has 15 heavy (non-hydrogen) atoms. The Hall–Kier alpha value is -1.30. The van der Waals surface area contributed by atoms with Gasteiger partial charge in [0.15, 0.2) is 5.84 Å². The van der Waals surface area contributed by atoms with E-state index in [9.17, 15) is 0 Å². The first-order chi connectivity index (χ1) is 7.15. The third kappa shape index (κ3) is 3.39. The Morgan fingerprint density at radius 1 is 1.53 bits per heavy atom. The van der Waals surface area contributed by atoms with Crippen molar-refractivity contribution >= 4 is 17.6 Å². The molecule has 0 aliphatic rings. The Balaban J connectivity index is 2.87. The zero-order valence-electron chi connectivity index (χ0n) is 8.71. The Labute approximate surface area is 92.8 Å². The molecule has 1 aromatic heterocycles. The van der Waals surface area contributed by atoms with E-state index in [1.165, 1.54) is 6.20 Å². The van der Waals surface area contributed by atoms with Gasteiger partial charge in [-0.1, -0.05) is 19.0 Å². The fourth-order valence-electron chi connectivity index (χ4n) is 0.900. The molecule has 1 heterocycles. The Bertz CT molecular complexity index is 354. The van der Waals surface area contributed by atoms with E-state index in [4.69, 9.17) is 10.9 Å². The van der Waals surface area contributed by atoms with E-state index >= 15 is 0 Å². The fourth-order valence-corrected chi connectivity index (χ4v) is 1.82. The molecule has 0 bridgehead atoms. The molecule has 0 aromatic carbocycles. The average molecular weight is 226 g/mol. The van der Waals surface area contributed by atoms with E-state index in [2.05, 4.69) is 29.0 Å². The normalized spacial score (nSPS) is 12.1. The largest absolute Gasteiger partial charge is 0.409 e. The van der Waals surface area contributed by atoms with Gasteiger partial charge in [0.1, 0.15) is 10.7 Å². The number of hydrogen-bond donors (Lipinski definition) is 2. The minimum absolute atomic E-state index is 0.00523. The number of oxime groups is 1. The molecule has 0 spiro atoms. The van der Waals surface area contributed by atoms with Crippen LogP contribution in [0.3, 0.4) is 0 Å². The van der Waals surface area contributed by atoms with Crippen molar-refractivity contribution in [2.24, 2.45) is 16.8 Å². The van der Waals surface area contributed by atoms with Crippen molar-refractivity contribution in [2.45, 2.75) is 18.9 Å². The number of nitrogens with zero attached hydrogens (tertiary/aromatic N) is 3. The molecular weight excluding hydrogens is 212 g/mol. The van der Waals surface area contributed by atoms with Gasteiger partial charge in [-0.05, 0) is 5.92 Å². The van der Waals surface area contributed by atoms with E-state index in [1.54, 1.807) is 18.0 Å². The minimum Gasteiger partial charge on any atom is -0.409 e. The van der Waals surface area contributed by atoms with Gasteiger partial charge in [-0.3, -0.25) is 0 Å². The summed E-state index contributed by atoms with van der Waals surface area (Å²) in [7, 11) is 0. The van der Waals surface area contributed by atoms with E-state index in [1.807, 2.05) is 0 Å². The summed E-state index contributed by atoms with van der Waals surface area (Å²) >= 11 is 1.55. The number of nitrogens with two attached hydrogens (primary N) is 1. The topological polar surface area (TPSA) is 84.4 Å². The van der Waals surface area contributed by atoms with Gasteiger partial charge in [-0.25, -0.2) is 9.97 Å². The third-order valence-electron chi connectivity index (χ3n) is 1.57. The zero-order chi connectivity index (χ0) is 11.3. The molecule has 1 rings (SSSR count). The van der Waals surface area contributed by atoms with Gasteiger partial charge >= 0.3 is 0 Å². The maximum atomic E-state index is 8.58. The molecule has 0 aliphatic heterocycles. The smallest absolute Gasteiger partial charge is 0.191 e. The molecule has 0 unspecified atom stereocenters. The van der Waals surface area contributed by atoms with Crippen LogP contribution in [0.4, 0.5) is 0 Å². The van der Waals surface area contributed by atoms with Crippen molar-refractivity contribution in [3.63, 3.8) is 0 Å². The summed E-state index contributed by atoms with van der Waals surface area (Å²) in [5.41, 5.74) is 5.92. The fraction of sp³-hybridized carbons (Fsp3) is 0.444. The van der Waals surface area contributed by atoms with E-state index in [0.29, 0.717) is 16.6 Å². The summed E-state index contributed by atoms with van der Waals surface area (Å²) in [4.78, 5) is 8.18. The highest BCUT2D eigenvalue weighted by Crippen LogP contribution is 2.20. The van der Waals surface area contributed by atoms with Crippen LogP contribution in [0.25, 0.3) is 0 Å². The van der Waals surface area contributed by atoms with Crippen molar-refractivity contribution in [3.8, 4) is 0 Å². The van der Waals surface area contributed by atoms with Gasteiger partial charge in [-0.15, -0.1) is 11.8 Å². The Morgan fingerprint density at radius 3 is 2.80 bits per heavy atom. The lowest BCUT2D eigenvalue weighted by Gasteiger charge is -2.06. The van der Waals surface area contributed by atoms with E-state index in [-0.39, 0.29) is 5.84 Å². The second-order valence-electron chi connectivity index (χ2n) is 3.40. The van der Waals surface area contributed by atoms with Crippen LogP contribution in [0.5, 0.6) is 0 Å². The highest BCUT2D eigenvalue weighted by atomic mass is 32.2. The lowest BCUT2D eigenvalue weighted by Crippen LogP contribution is -2.17. The van der Waals surface area contributed by atoms with Crippen molar-refractivity contribution in [1.82, 2.24) is 9.97 Å². The molecule has 6 heteroatoms. The van der Waals surface area contributed by atoms with Gasteiger partial charge in [0.05, 0.1) is 0 Å². The second-order valence-corrected chi connectivity index (χ2v) is 4.41. The summed E-state index contributed by atoms with van der Waals surface area (Å²) < 4.78 is 0. The van der Waals surface area contributed by atoms with Crippen LogP contribution in [0.1, 0.15) is 19.5 Å². The molecule has 1 aromatic rings. The Kier molecular flexibility index (Phi) is 4.36. The summed E-state index contributed by atoms with van der Waals surface area (Å²) in [6.45, 7) is 4.24. The summed E-state index contributed by atoms with van der Waals surface area (Å²) in [6, 6.07) is 0. The van der Waals surface area contributed by atoms with Crippen LogP contribution >= 0.6 is 11.8 Å². The summed E-state index contributed by atoms with van der Waals surface area (Å²) in [5, 5.41) is 12.2. The summed E-state index contributed by atoms with van der Waals surface area (Å²) in [6.07, 6.45) is 3.11. The first kappa shape index (κ1) is 11.8. The molecule has 0 saturated carbocycles. The number of amidine groups is 1. The van der Waals surface area contributed by atoms with E-state index in [0.717, 1.165) is 5.75 Å². The molecule has 0 radical (unpaired) electrons. The van der Waals surface area contributed by atoms with Crippen LogP contribution in [-0.2, 0) is 0 Å². The van der Waals surface area contributed by atoms with Crippen LogP contribution in [0.15, 0.2) is 22.6 Å². The van der Waals surface area contributed by atoms with Crippen molar-refractivity contribution in [1.29, 1.82) is 0 Å². The number of thioether (sulfide) groups is 1. The van der Waals surface area contributed by atoms with Gasteiger partial charge in [-0.2, -0.15) is 0 Å². The molecule has 3 N–H and O–H groups in total.